The van der Waals surface area contributed by atoms with E-state index < -0.39 is 0 Å². The van der Waals surface area contributed by atoms with Gasteiger partial charge in [-0.05, 0) is 12.3 Å². The molecule has 0 saturated heterocycles. The zero-order chi connectivity index (χ0) is 8.81. The first-order valence-corrected chi connectivity index (χ1v) is 4.75. The van der Waals surface area contributed by atoms with Crippen LogP contribution in [-0.4, -0.2) is 9.55 Å². The average Bonchev–Trinajstić information content (AvgIpc) is 2.49. The summed E-state index contributed by atoms with van der Waals surface area (Å²) < 4.78 is 2.14. The monoisotopic (exact) mass is 166 g/mol. The Labute approximate surface area is 74.6 Å². The Balaban J connectivity index is 2.04. The second-order valence-electron chi connectivity index (χ2n) is 3.69. The fourth-order valence-electron chi connectivity index (χ4n) is 1.27. The molecule has 0 bridgehead atoms. The molecule has 0 spiro atoms. The molecule has 0 amide bonds. The molecule has 2 nitrogen and oxygen atoms in total. The minimum Gasteiger partial charge on any atom is -0.337 e. The molecule has 12 heavy (non-hydrogen) atoms. The molecule has 0 fully saturated rings. The molecule has 0 N–H and O–H groups in total. The average molecular weight is 166 g/mol. The van der Waals surface area contributed by atoms with Crippen LogP contribution in [0.5, 0.6) is 0 Å². The second kappa shape index (κ2) is 4.96. The van der Waals surface area contributed by atoms with Crippen molar-refractivity contribution in [3.63, 3.8) is 0 Å². The summed E-state index contributed by atoms with van der Waals surface area (Å²) in [6.07, 6.45) is 9.69. The summed E-state index contributed by atoms with van der Waals surface area (Å²) in [5, 5.41) is 0. The van der Waals surface area contributed by atoms with Crippen LogP contribution in [0.2, 0.25) is 0 Å². The van der Waals surface area contributed by atoms with E-state index in [1.807, 2.05) is 18.7 Å². The van der Waals surface area contributed by atoms with Gasteiger partial charge in [-0.15, -0.1) is 0 Å². The third kappa shape index (κ3) is 3.56. The Morgan fingerprint density at radius 3 is 2.75 bits per heavy atom. The Morgan fingerprint density at radius 2 is 2.17 bits per heavy atom. The Kier molecular flexibility index (Phi) is 3.85. The van der Waals surface area contributed by atoms with Crippen molar-refractivity contribution in [1.29, 1.82) is 0 Å². The maximum absolute atomic E-state index is 4.00. The van der Waals surface area contributed by atoms with Crippen molar-refractivity contribution < 1.29 is 0 Å². The molecule has 0 aliphatic heterocycles. The number of hydrogen-bond acceptors (Lipinski definition) is 1. The molecule has 1 rings (SSSR count). The van der Waals surface area contributed by atoms with Crippen molar-refractivity contribution in [3.8, 4) is 0 Å². The van der Waals surface area contributed by atoms with E-state index >= 15 is 0 Å². The summed E-state index contributed by atoms with van der Waals surface area (Å²) in [6, 6.07) is 0. The van der Waals surface area contributed by atoms with Crippen LogP contribution in [0.3, 0.4) is 0 Å². The summed E-state index contributed by atoms with van der Waals surface area (Å²) in [4.78, 5) is 4.00. The molecule has 1 heterocycles. The van der Waals surface area contributed by atoms with Gasteiger partial charge in [-0.25, -0.2) is 4.98 Å². The van der Waals surface area contributed by atoms with Crippen LogP contribution in [0, 0.1) is 5.92 Å². The smallest absolute Gasteiger partial charge is 0.0945 e. The predicted octanol–water partition coefficient (Wildman–Crippen LogP) is 2.71. The first-order chi connectivity index (χ1) is 5.79. The predicted molar refractivity (Wildman–Crippen MR) is 50.9 cm³/mol. The quantitative estimate of drug-likeness (QED) is 0.615. The lowest BCUT2D eigenvalue weighted by Crippen LogP contribution is -1.95. The van der Waals surface area contributed by atoms with Crippen LogP contribution in [0.4, 0.5) is 0 Å². The number of rotatable bonds is 5. The van der Waals surface area contributed by atoms with Gasteiger partial charge in [0.05, 0.1) is 6.33 Å². The molecule has 1 aromatic heterocycles. The van der Waals surface area contributed by atoms with E-state index in [1.54, 1.807) is 0 Å². The number of aromatic nitrogens is 2. The van der Waals surface area contributed by atoms with Gasteiger partial charge in [-0.2, -0.15) is 0 Å². The molecule has 2 heteroatoms. The van der Waals surface area contributed by atoms with Crippen LogP contribution >= 0.6 is 0 Å². The zero-order valence-corrected chi connectivity index (χ0v) is 8.03. The number of unbranched alkanes of at least 4 members (excludes halogenated alkanes) is 1. The summed E-state index contributed by atoms with van der Waals surface area (Å²) in [7, 11) is 0. The largest absolute Gasteiger partial charge is 0.337 e. The molecular weight excluding hydrogens is 148 g/mol. The van der Waals surface area contributed by atoms with Gasteiger partial charge >= 0.3 is 0 Å². The molecule has 68 valence electrons. The van der Waals surface area contributed by atoms with E-state index in [0.29, 0.717) is 0 Å². The normalized spacial score (nSPS) is 10.9. The highest BCUT2D eigenvalue weighted by molar-refractivity contribution is 4.73. The molecular formula is C10H18N2. The van der Waals surface area contributed by atoms with Gasteiger partial charge in [-0.3, -0.25) is 0 Å². The lowest BCUT2D eigenvalue weighted by atomic mass is 10.1. The highest BCUT2D eigenvalue weighted by atomic mass is 15.0. The van der Waals surface area contributed by atoms with Crippen LogP contribution in [0.25, 0.3) is 0 Å². The van der Waals surface area contributed by atoms with Crippen LogP contribution in [-0.2, 0) is 6.54 Å². The molecule has 1 aromatic rings. The van der Waals surface area contributed by atoms with Gasteiger partial charge in [0.15, 0.2) is 0 Å². The van der Waals surface area contributed by atoms with Crippen molar-refractivity contribution in [2.24, 2.45) is 5.92 Å². The van der Waals surface area contributed by atoms with E-state index in [4.69, 9.17) is 0 Å². The van der Waals surface area contributed by atoms with Crippen LogP contribution in [0.1, 0.15) is 33.1 Å². The number of nitrogens with zero attached hydrogens (tertiary/aromatic N) is 2. The minimum atomic E-state index is 0.841. The van der Waals surface area contributed by atoms with Gasteiger partial charge < -0.3 is 4.57 Å². The molecule has 0 radical (unpaired) electrons. The van der Waals surface area contributed by atoms with E-state index in [9.17, 15) is 0 Å². The highest BCUT2D eigenvalue weighted by Crippen LogP contribution is 2.06. The summed E-state index contributed by atoms with van der Waals surface area (Å²) in [5.41, 5.74) is 0. The third-order valence-electron chi connectivity index (χ3n) is 2.01. The summed E-state index contributed by atoms with van der Waals surface area (Å²) >= 11 is 0. The zero-order valence-electron chi connectivity index (χ0n) is 8.03. The molecule has 0 aliphatic rings. The standard InChI is InChI=1S/C10H18N2/c1-10(2)5-3-4-7-12-8-6-11-9-12/h6,8-10H,3-5,7H2,1-2H3. The number of imidazole rings is 1. The SMILES string of the molecule is CC(C)CCCCn1ccnc1. The number of hydrogen-bond donors (Lipinski definition) is 0. The summed E-state index contributed by atoms with van der Waals surface area (Å²) in [6.45, 7) is 5.67. The number of aryl methyl sites for hydroxylation is 1. The first kappa shape index (κ1) is 9.30. The maximum atomic E-state index is 4.00. The lowest BCUT2D eigenvalue weighted by Gasteiger charge is -2.04. The van der Waals surface area contributed by atoms with Crippen molar-refractivity contribution in [2.45, 2.75) is 39.7 Å². The molecule has 0 unspecified atom stereocenters. The fourth-order valence-corrected chi connectivity index (χ4v) is 1.27. The lowest BCUT2D eigenvalue weighted by molar-refractivity contribution is 0.509. The van der Waals surface area contributed by atoms with Crippen molar-refractivity contribution >= 4 is 0 Å². The molecule has 0 aliphatic carbocycles. The van der Waals surface area contributed by atoms with Crippen LogP contribution < -0.4 is 0 Å². The van der Waals surface area contributed by atoms with E-state index in [0.717, 1.165) is 12.5 Å². The van der Waals surface area contributed by atoms with Gasteiger partial charge in [0.25, 0.3) is 0 Å². The van der Waals surface area contributed by atoms with Gasteiger partial charge in [-0.1, -0.05) is 26.7 Å². The van der Waals surface area contributed by atoms with Crippen LogP contribution in [0.15, 0.2) is 18.7 Å². The maximum Gasteiger partial charge on any atom is 0.0945 e. The van der Waals surface area contributed by atoms with Crippen molar-refractivity contribution in [2.75, 3.05) is 0 Å². The first-order valence-electron chi connectivity index (χ1n) is 4.75. The fraction of sp³-hybridized carbons (Fsp3) is 0.700. The highest BCUT2D eigenvalue weighted by Gasteiger charge is 1.94. The Bertz CT molecular complexity index is 190. The van der Waals surface area contributed by atoms with Gasteiger partial charge in [0, 0.05) is 18.9 Å². The Morgan fingerprint density at radius 1 is 1.33 bits per heavy atom. The van der Waals surface area contributed by atoms with E-state index in [-0.39, 0.29) is 0 Å². The van der Waals surface area contributed by atoms with Crippen molar-refractivity contribution in [1.82, 2.24) is 9.55 Å². The second-order valence-corrected chi connectivity index (χ2v) is 3.69. The molecule has 0 aromatic carbocycles. The van der Waals surface area contributed by atoms with Gasteiger partial charge in [0.1, 0.15) is 0 Å². The van der Waals surface area contributed by atoms with Crippen molar-refractivity contribution in [3.05, 3.63) is 18.7 Å². The van der Waals surface area contributed by atoms with E-state index in [2.05, 4.69) is 23.4 Å². The topological polar surface area (TPSA) is 17.8 Å². The minimum absolute atomic E-state index is 0.841. The molecule has 0 saturated carbocycles. The molecule has 0 atom stereocenters. The summed E-state index contributed by atoms with van der Waals surface area (Å²) in [5.74, 6) is 0.841. The van der Waals surface area contributed by atoms with E-state index in [1.165, 1.54) is 19.3 Å². The van der Waals surface area contributed by atoms with Gasteiger partial charge in [0.2, 0.25) is 0 Å². The Hall–Kier alpha value is -0.790. The third-order valence-corrected chi connectivity index (χ3v) is 2.01.